The van der Waals surface area contributed by atoms with Gasteiger partial charge in [-0.1, -0.05) is 0 Å². The molecule has 1 aromatic carbocycles. The van der Waals surface area contributed by atoms with Crippen molar-refractivity contribution in [3.05, 3.63) is 23.3 Å². The molecule has 0 aliphatic carbocycles. The van der Waals surface area contributed by atoms with Crippen LogP contribution in [0, 0.1) is 5.92 Å². The van der Waals surface area contributed by atoms with Crippen molar-refractivity contribution in [2.24, 2.45) is 5.92 Å². The molecule has 0 saturated carbocycles. The van der Waals surface area contributed by atoms with Gasteiger partial charge in [0.1, 0.15) is 17.6 Å². The Kier molecular flexibility index (Phi) is 4.32. The zero-order valence-electron chi connectivity index (χ0n) is 13.1. The molecular formula is C16H23NO4S. The minimum absolute atomic E-state index is 0.214. The molecule has 0 bridgehead atoms. The van der Waals surface area contributed by atoms with Crippen LogP contribution in [-0.4, -0.2) is 39.7 Å². The molecule has 22 heavy (non-hydrogen) atoms. The van der Waals surface area contributed by atoms with E-state index in [2.05, 4.69) is 18.3 Å². The summed E-state index contributed by atoms with van der Waals surface area (Å²) in [7, 11) is -1.13. The van der Waals surface area contributed by atoms with Crippen molar-refractivity contribution in [3.8, 4) is 11.5 Å². The SMILES string of the molecule is COc1cc2c(cc1CNCC1CCS(=O)(=O)C1)OC(C)C2. The Morgan fingerprint density at radius 2 is 2.23 bits per heavy atom. The number of methoxy groups -OCH3 is 1. The second kappa shape index (κ2) is 6.08. The molecule has 0 spiro atoms. The van der Waals surface area contributed by atoms with Crippen molar-refractivity contribution in [2.45, 2.75) is 32.4 Å². The quantitative estimate of drug-likeness (QED) is 0.890. The van der Waals surface area contributed by atoms with Crippen LogP contribution < -0.4 is 14.8 Å². The third kappa shape index (κ3) is 3.38. The number of ether oxygens (including phenoxy) is 2. The maximum atomic E-state index is 11.5. The molecule has 0 aromatic heterocycles. The predicted octanol–water partition coefficient (Wildman–Crippen LogP) is 1.54. The molecular weight excluding hydrogens is 302 g/mol. The summed E-state index contributed by atoms with van der Waals surface area (Å²) in [5.41, 5.74) is 2.24. The second-order valence-corrected chi connectivity index (χ2v) is 8.53. The first-order valence-corrected chi connectivity index (χ1v) is 9.56. The lowest BCUT2D eigenvalue weighted by Gasteiger charge is -2.13. The summed E-state index contributed by atoms with van der Waals surface area (Å²) >= 11 is 0. The molecule has 0 radical (unpaired) electrons. The highest BCUT2D eigenvalue weighted by molar-refractivity contribution is 7.91. The van der Waals surface area contributed by atoms with Crippen LogP contribution in [0.5, 0.6) is 11.5 Å². The smallest absolute Gasteiger partial charge is 0.150 e. The van der Waals surface area contributed by atoms with Crippen molar-refractivity contribution >= 4 is 9.84 Å². The number of rotatable bonds is 5. The van der Waals surface area contributed by atoms with Gasteiger partial charge in [-0.15, -0.1) is 0 Å². The average molecular weight is 325 g/mol. The number of hydrogen-bond acceptors (Lipinski definition) is 5. The van der Waals surface area contributed by atoms with Crippen LogP contribution in [0.4, 0.5) is 0 Å². The Morgan fingerprint density at radius 3 is 2.91 bits per heavy atom. The lowest BCUT2D eigenvalue weighted by molar-refractivity contribution is 0.254. The van der Waals surface area contributed by atoms with Gasteiger partial charge in [-0.25, -0.2) is 8.42 Å². The van der Waals surface area contributed by atoms with Gasteiger partial charge >= 0.3 is 0 Å². The van der Waals surface area contributed by atoms with E-state index < -0.39 is 9.84 Å². The number of nitrogens with one attached hydrogen (secondary N) is 1. The van der Waals surface area contributed by atoms with Gasteiger partial charge in [0, 0.05) is 24.1 Å². The Labute approximate surface area is 131 Å². The third-order valence-corrected chi connectivity index (χ3v) is 6.21. The van der Waals surface area contributed by atoms with Crippen molar-refractivity contribution in [3.63, 3.8) is 0 Å². The van der Waals surface area contributed by atoms with E-state index >= 15 is 0 Å². The van der Waals surface area contributed by atoms with Crippen LogP contribution in [0.1, 0.15) is 24.5 Å². The summed E-state index contributed by atoms with van der Waals surface area (Å²) in [6.07, 6.45) is 1.89. The molecule has 0 amide bonds. The van der Waals surface area contributed by atoms with E-state index in [9.17, 15) is 8.42 Å². The van der Waals surface area contributed by atoms with E-state index in [4.69, 9.17) is 9.47 Å². The van der Waals surface area contributed by atoms with Crippen LogP contribution >= 0.6 is 0 Å². The van der Waals surface area contributed by atoms with Crippen LogP contribution in [-0.2, 0) is 22.8 Å². The number of hydrogen-bond donors (Lipinski definition) is 1. The molecule has 2 atom stereocenters. The molecule has 2 heterocycles. The van der Waals surface area contributed by atoms with Gasteiger partial charge in [-0.3, -0.25) is 0 Å². The normalized spacial score (nSPS) is 25.7. The first kappa shape index (κ1) is 15.6. The zero-order valence-corrected chi connectivity index (χ0v) is 13.9. The molecule has 2 unspecified atom stereocenters. The van der Waals surface area contributed by atoms with Crippen molar-refractivity contribution < 1.29 is 17.9 Å². The lowest BCUT2D eigenvalue weighted by atomic mass is 10.1. The van der Waals surface area contributed by atoms with Crippen molar-refractivity contribution in [2.75, 3.05) is 25.2 Å². The summed E-state index contributed by atoms with van der Waals surface area (Å²) in [4.78, 5) is 0. The van der Waals surface area contributed by atoms with Crippen LogP contribution in [0.3, 0.4) is 0 Å². The average Bonchev–Trinajstić information content (AvgIpc) is 2.98. The summed E-state index contributed by atoms with van der Waals surface area (Å²) in [5.74, 6) is 2.66. The van der Waals surface area contributed by atoms with E-state index in [1.807, 2.05) is 6.07 Å². The van der Waals surface area contributed by atoms with Gasteiger partial charge in [0.15, 0.2) is 9.84 Å². The molecule has 1 saturated heterocycles. The maximum Gasteiger partial charge on any atom is 0.150 e. The minimum Gasteiger partial charge on any atom is -0.496 e. The van der Waals surface area contributed by atoms with Gasteiger partial charge in [0.2, 0.25) is 0 Å². The van der Waals surface area contributed by atoms with Crippen molar-refractivity contribution in [1.29, 1.82) is 0 Å². The highest BCUT2D eigenvalue weighted by Gasteiger charge is 2.27. The first-order chi connectivity index (χ1) is 10.5. The van der Waals surface area contributed by atoms with Crippen LogP contribution in [0.2, 0.25) is 0 Å². The lowest BCUT2D eigenvalue weighted by Crippen LogP contribution is -2.23. The molecule has 1 N–H and O–H groups in total. The molecule has 122 valence electrons. The largest absolute Gasteiger partial charge is 0.496 e. The Hall–Kier alpha value is -1.27. The van der Waals surface area contributed by atoms with E-state index in [0.29, 0.717) is 18.1 Å². The van der Waals surface area contributed by atoms with Gasteiger partial charge in [0.25, 0.3) is 0 Å². The van der Waals surface area contributed by atoms with Gasteiger partial charge in [-0.05, 0) is 37.9 Å². The summed E-state index contributed by atoms with van der Waals surface area (Å²) in [6.45, 7) is 3.44. The molecule has 2 aliphatic rings. The molecule has 3 rings (SSSR count). The van der Waals surface area contributed by atoms with E-state index in [0.717, 1.165) is 36.4 Å². The van der Waals surface area contributed by atoms with E-state index in [1.54, 1.807) is 7.11 Å². The first-order valence-electron chi connectivity index (χ1n) is 7.74. The van der Waals surface area contributed by atoms with Gasteiger partial charge in [0.05, 0.1) is 18.6 Å². The Balaban J connectivity index is 1.62. The predicted molar refractivity (Wildman–Crippen MR) is 85.3 cm³/mol. The zero-order chi connectivity index (χ0) is 15.7. The fourth-order valence-corrected chi connectivity index (χ4v) is 5.12. The number of benzene rings is 1. The number of sulfone groups is 1. The molecule has 2 aliphatic heterocycles. The second-order valence-electron chi connectivity index (χ2n) is 6.30. The fourth-order valence-electron chi connectivity index (χ4n) is 3.25. The van der Waals surface area contributed by atoms with Crippen molar-refractivity contribution in [1.82, 2.24) is 5.32 Å². The van der Waals surface area contributed by atoms with Crippen LogP contribution in [0.15, 0.2) is 12.1 Å². The van der Waals surface area contributed by atoms with Crippen LogP contribution in [0.25, 0.3) is 0 Å². The molecule has 1 aromatic rings. The van der Waals surface area contributed by atoms with Gasteiger partial charge < -0.3 is 14.8 Å². The summed E-state index contributed by atoms with van der Waals surface area (Å²) in [6, 6.07) is 4.09. The number of fused-ring (bicyclic) bond motifs is 1. The third-order valence-electron chi connectivity index (χ3n) is 4.37. The highest BCUT2D eigenvalue weighted by atomic mass is 32.2. The fraction of sp³-hybridized carbons (Fsp3) is 0.625. The Bertz CT molecular complexity index is 656. The molecule has 5 nitrogen and oxygen atoms in total. The van der Waals surface area contributed by atoms with E-state index in [-0.39, 0.29) is 12.0 Å². The maximum absolute atomic E-state index is 11.5. The van der Waals surface area contributed by atoms with Gasteiger partial charge in [-0.2, -0.15) is 0 Å². The summed E-state index contributed by atoms with van der Waals surface area (Å²) in [5, 5.41) is 3.36. The minimum atomic E-state index is -2.80. The highest BCUT2D eigenvalue weighted by Crippen LogP contribution is 2.35. The monoisotopic (exact) mass is 325 g/mol. The summed E-state index contributed by atoms with van der Waals surface area (Å²) < 4.78 is 34.2. The van der Waals surface area contributed by atoms with E-state index in [1.165, 1.54) is 5.56 Å². The standard InChI is InChI=1S/C16H23NO4S/c1-11-5-13-6-15(20-2)14(7-16(13)21-11)9-17-8-12-3-4-22(18,19)10-12/h6-7,11-12,17H,3-5,8-10H2,1-2H3. The molecule has 1 fully saturated rings. The Morgan fingerprint density at radius 1 is 1.41 bits per heavy atom. The molecule has 6 heteroatoms. The topological polar surface area (TPSA) is 64.6 Å².